The van der Waals surface area contributed by atoms with Gasteiger partial charge in [-0.3, -0.25) is 4.79 Å². The van der Waals surface area contributed by atoms with Crippen molar-refractivity contribution in [1.29, 1.82) is 0 Å². The van der Waals surface area contributed by atoms with E-state index in [4.69, 9.17) is 0 Å². The SMILES string of the molecule is C=CCC(C)NC(=O)CNC(C)(C)C. The minimum atomic E-state index is -0.0149. The Bertz CT molecular complexity index is 194. The van der Waals surface area contributed by atoms with Gasteiger partial charge in [-0.1, -0.05) is 6.08 Å². The quantitative estimate of drug-likeness (QED) is 0.657. The molecule has 2 N–H and O–H groups in total. The van der Waals surface area contributed by atoms with Gasteiger partial charge < -0.3 is 10.6 Å². The van der Waals surface area contributed by atoms with Gasteiger partial charge in [0, 0.05) is 11.6 Å². The third-order valence-electron chi connectivity index (χ3n) is 1.71. The van der Waals surface area contributed by atoms with E-state index in [0.717, 1.165) is 6.42 Å². The van der Waals surface area contributed by atoms with E-state index < -0.39 is 0 Å². The third kappa shape index (κ3) is 7.80. The van der Waals surface area contributed by atoms with E-state index in [0.29, 0.717) is 6.54 Å². The normalized spacial score (nSPS) is 13.4. The highest BCUT2D eigenvalue weighted by Gasteiger charge is 2.12. The van der Waals surface area contributed by atoms with Crippen molar-refractivity contribution < 1.29 is 4.79 Å². The molecule has 0 spiro atoms. The lowest BCUT2D eigenvalue weighted by Gasteiger charge is -2.21. The smallest absolute Gasteiger partial charge is 0.234 e. The van der Waals surface area contributed by atoms with Crippen LogP contribution in [0.2, 0.25) is 0 Å². The van der Waals surface area contributed by atoms with Gasteiger partial charge in [0.1, 0.15) is 0 Å². The molecular weight excluding hydrogens is 176 g/mol. The monoisotopic (exact) mass is 198 g/mol. The second-order valence-corrected chi connectivity index (χ2v) is 4.60. The summed E-state index contributed by atoms with van der Waals surface area (Å²) in [6, 6.07) is 0.168. The summed E-state index contributed by atoms with van der Waals surface area (Å²) in [5, 5.41) is 6.01. The molecule has 0 aromatic heterocycles. The number of carbonyl (C=O) groups excluding carboxylic acids is 1. The molecule has 0 rings (SSSR count). The van der Waals surface area contributed by atoms with Crippen LogP contribution in [0.5, 0.6) is 0 Å². The Labute approximate surface area is 87.0 Å². The van der Waals surface area contributed by atoms with Gasteiger partial charge in [-0.05, 0) is 34.1 Å². The molecule has 0 aromatic carbocycles. The molecule has 1 amide bonds. The van der Waals surface area contributed by atoms with Crippen LogP contribution in [-0.2, 0) is 4.79 Å². The Kier molecular flexibility index (Phi) is 5.46. The summed E-state index contributed by atoms with van der Waals surface area (Å²) >= 11 is 0. The standard InChI is InChI=1S/C11H22N2O/c1-6-7-9(2)13-10(14)8-12-11(3,4)5/h6,9,12H,1,7-8H2,2-5H3,(H,13,14). The van der Waals surface area contributed by atoms with Gasteiger partial charge in [-0.2, -0.15) is 0 Å². The lowest BCUT2D eigenvalue weighted by molar-refractivity contribution is -0.121. The summed E-state index contributed by atoms with van der Waals surface area (Å²) in [4.78, 5) is 11.4. The predicted molar refractivity (Wildman–Crippen MR) is 60.2 cm³/mol. The van der Waals surface area contributed by atoms with Crippen LogP contribution in [-0.4, -0.2) is 24.0 Å². The summed E-state index contributed by atoms with van der Waals surface area (Å²) in [7, 11) is 0. The molecular formula is C11H22N2O. The van der Waals surface area contributed by atoms with Crippen molar-refractivity contribution in [3.05, 3.63) is 12.7 Å². The average Bonchev–Trinajstić information content (AvgIpc) is 2.00. The molecule has 1 atom stereocenters. The van der Waals surface area contributed by atoms with Crippen LogP contribution in [0.3, 0.4) is 0 Å². The zero-order valence-electron chi connectivity index (χ0n) is 9.68. The zero-order chi connectivity index (χ0) is 11.2. The highest BCUT2D eigenvalue weighted by atomic mass is 16.1. The maximum atomic E-state index is 11.4. The average molecular weight is 198 g/mol. The van der Waals surface area contributed by atoms with Gasteiger partial charge in [-0.25, -0.2) is 0 Å². The van der Waals surface area contributed by atoms with Crippen molar-refractivity contribution in [3.8, 4) is 0 Å². The first-order valence-corrected chi connectivity index (χ1v) is 5.00. The second-order valence-electron chi connectivity index (χ2n) is 4.60. The largest absolute Gasteiger partial charge is 0.352 e. The van der Waals surface area contributed by atoms with Crippen molar-refractivity contribution in [2.75, 3.05) is 6.54 Å². The van der Waals surface area contributed by atoms with Crippen LogP contribution in [0, 0.1) is 0 Å². The van der Waals surface area contributed by atoms with Gasteiger partial charge in [0.05, 0.1) is 6.54 Å². The molecule has 0 fully saturated rings. The Hall–Kier alpha value is -0.830. The molecule has 0 radical (unpaired) electrons. The van der Waals surface area contributed by atoms with Crippen molar-refractivity contribution in [3.63, 3.8) is 0 Å². The van der Waals surface area contributed by atoms with E-state index in [-0.39, 0.29) is 17.5 Å². The molecule has 1 unspecified atom stereocenters. The molecule has 3 nitrogen and oxygen atoms in total. The molecule has 0 aliphatic heterocycles. The lowest BCUT2D eigenvalue weighted by Crippen LogP contribution is -2.45. The first kappa shape index (κ1) is 13.2. The molecule has 14 heavy (non-hydrogen) atoms. The minimum Gasteiger partial charge on any atom is -0.352 e. The van der Waals surface area contributed by atoms with Gasteiger partial charge in [-0.15, -0.1) is 6.58 Å². The van der Waals surface area contributed by atoms with Crippen molar-refractivity contribution in [2.24, 2.45) is 0 Å². The zero-order valence-corrected chi connectivity index (χ0v) is 9.68. The summed E-state index contributed by atoms with van der Waals surface area (Å²) in [6.45, 7) is 12.1. The van der Waals surface area contributed by atoms with Gasteiger partial charge >= 0.3 is 0 Å². The molecule has 0 aromatic rings. The minimum absolute atomic E-state index is 0.0149. The Morgan fingerprint density at radius 2 is 2.07 bits per heavy atom. The van der Waals surface area contributed by atoms with Gasteiger partial charge in [0.2, 0.25) is 5.91 Å². The molecule has 0 saturated heterocycles. The van der Waals surface area contributed by atoms with Crippen molar-refractivity contribution in [2.45, 2.75) is 45.7 Å². The Balaban J connectivity index is 3.70. The fourth-order valence-corrected chi connectivity index (χ4v) is 0.980. The summed E-state index contributed by atoms with van der Waals surface area (Å²) < 4.78 is 0. The summed E-state index contributed by atoms with van der Waals surface area (Å²) in [5.74, 6) is 0.0364. The fraction of sp³-hybridized carbons (Fsp3) is 0.727. The van der Waals surface area contributed by atoms with Crippen LogP contribution in [0.15, 0.2) is 12.7 Å². The van der Waals surface area contributed by atoms with Crippen molar-refractivity contribution in [1.82, 2.24) is 10.6 Å². The van der Waals surface area contributed by atoms with Crippen LogP contribution in [0.4, 0.5) is 0 Å². The predicted octanol–water partition coefficient (Wildman–Crippen LogP) is 1.46. The molecule has 0 heterocycles. The highest BCUT2D eigenvalue weighted by Crippen LogP contribution is 1.97. The Morgan fingerprint density at radius 3 is 2.50 bits per heavy atom. The molecule has 0 saturated carbocycles. The molecule has 0 aliphatic rings. The van der Waals surface area contributed by atoms with Gasteiger partial charge in [0.15, 0.2) is 0 Å². The Morgan fingerprint density at radius 1 is 1.50 bits per heavy atom. The van der Waals surface area contributed by atoms with E-state index in [2.05, 4.69) is 17.2 Å². The summed E-state index contributed by atoms with van der Waals surface area (Å²) in [6.07, 6.45) is 2.61. The first-order chi connectivity index (χ1) is 6.35. The van der Waals surface area contributed by atoms with Crippen LogP contribution >= 0.6 is 0 Å². The third-order valence-corrected chi connectivity index (χ3v) is 1.71. The summed E-state index contributed by atoms with van der Waals surface area (Å²) in [5.41, 5.74) is -0.0149. The highest BCUT2D eigenvalue weighted by molar-refractivity contribution is 5.78. The van der Waals surface area contributed by atoms with Crippen LogP contribution < -0.4 is 10.6 Å². The topological polar surface area (TPSA) is 41.1 Å². The maximum Gasteiger partial charge on any atom is 0.234 e. The molecule has 82 valence electrons. The number of nitrogens with one attached hydrogen (secondary N) is 2. The van der Waals surface area contributed by atoms with E-state index in [1.807, 2.05) is 33.8 Å². The van der Waals surface area contributed by atoms with E-state index >= 15 is 0 Å². The van der Waals surface area contributed by atoms with Crippen molar-refractivity contribution >= 4 is 5.91 Å². The van der Waals surface area contributed by atoms with E-state index in [1.165, 1.54) is 0 Å². The number of hydrogen-bond donors (Lipinski definition) is 2. The van der Waals surface area contributed by atoms with E-state index in [1.54, 1.807) is 0 Å². The fourth-order valence-electron chi connectivity index (χ4n) is 0.980. The van der Waals surface area contributed by atoms with Crippen LogP contribution in [0.25, 0.3) is 0 Å². The number of hydrogen-bond acceptors (Lipinski definition) is 2. The van der Waals surface area contributed by atoms with Gasteiger partial charge in [0.25, 0.3) is 0 Å². The molecule has 3 heteroatoms. The first-order valence-electron chi connectivity index (χ1n) is 5.00. The lowest BCUT2D eigenvalue weighted by atomic mass is 10.1. The molecule has 0 aliphatic carbocycles. The maximum absolute atomic E-state index is 11.4. The number of carbonyl (C=O) groups is 1. The van der Waals surface area contributed by atoms with E-state index in [9.17, 15) is 4.79 Å². The number of rotatable bonds is 5. The second kappa shape index (κ2) is 5.81. The molecule has 0 bridgehead atoms. The number of amides is 1. The van der Waals surface area contributed by atoms with Crippen LogP contribution in [0.1, 0.15) is 34.1 Å².